The van der Waals surface area contributed by atoms with Crippen molar-refractivity contribution in [2.75, 3.05) is 12.8 Å². The van der Waals surface area contributed by atoms with Crippen LogP contribution >= 0.6 is 23.4 Å². The van der Waals surface area contributed by atoms with Crippen molar-refractivity contribution >= 4 is 29.3 Å². The number of thioether (sulfide) groups is 1. The Bertz CT molecular complexity index is 701. The van der Waals surface area contributed by atoms with E-state index >= 15 is 0 Å². The van der Waals surface area contributed by atoms with Gasteiger partial charge in [-0.2, -0.15) is 0 Å². The molecule has 7 heteroatoms. The van der Waals surface area contributed by atoms with Crippen LogP contribution < -0.4 is 0 Å². The predicted molar refractivity (Wildman–Crippen MR) is 95.1 cm³/mol. The predicted octanol–water partition coefficient (Wildman–Crippen LogP) is 4.27. The van der Waals surface area contributed by atoms with E-state index in [9.17, 15) is 4.79 Å². The van der Waals surface area contributed by atoms with E-state index < -0.39 is 0 Å². The number of carbonyl (C=O) groups excluding carboxylic acids is 1. The average Bonchev–Trinajstić information content (AvgIpc) is 3.09. The number of halogens is 1. The Labute approximate surface area is 150 Å². The molecule has 1 aliphatic carbocycles. The van der Waals surface area contributed by atoms with Crippen LogP contribution in [0, 0.1) is 0 Å². The molecule has 1 fully saturated rings. The third kappa shape index (κ3) is 4.11. The third-order valence-electron chi connectivity index (χ3n) is 4.35. The summed E-state index contributed by atoms with van der Waals surface area (Å²) in [5, 5.41) is 8.95. The highest BCUT2D eigenvalue weighted by atomic mass is 35.5. The Balaban J connectivity index is 1.57. The van der Waals surface area contributed by atoms with Gasteiger partial charge < -0.3 is 9.32 Å². The highest BCUT2D eigenvalue weighted by Gasteiger charge is 2.22. The van der Waals surface area contributed by atoms with Crippen LogP contribution in [0.15, 0.2) is 33.9 Å². The summed E-state index contributed by atoms with van der Waals surface area (Å²) < 4.78 is 5.61. The largest absolute Gasteiger partial charge is 0.411 e. The minimum atomic E-state index is 0.101. The normalized spacial score (nSPS) is 15.4. The van der Waals surface area contributed by atoms with Gasteiger partial charge in [0.1, 0.15) is 0 Å². The van der Waals surface area contributed by atoms with Crippen molar-refractivity contribution in [1.82, 2.24) is 15.1 Å². The van der Waals surface area contributed by atoms with E-state index in [-0.39, 0.29) is 5.91 Å². The number of rotatable bonds is 5. The number of aromatic nitrogens is 2. The number of benzene rings is 1. The molecule has 0 saturated heterocycles. The zero-order valence-corrected chi connectivity index (χ0v) is 15.1. The number of hydrogen-bond acceptors (Lipinski definition) is 5. The molecule has 0 aliphatic heterocycles. The maximum absolute atomic E-state index is 12.3. The van der Waals surface area contributed by atoms with Crippen molar-refractivity contribution in [3.63, 3.8) is 0 Å². The van der Waals surface area contributed by atoms with Crippen LogP contribution in [0.5, 0.6) is 0 Å². The first kappa shape index (κ1) is 17.3. The van der Waals surface area contributed by atoms with Gasteiger partial charge in [-0.25, -0.2) is 0 Å². The standard InChI is InChI=1S/C17H20ClN3O2S/c1-21(12-7-3-2-4-8-12)15(22)11-24-17-20-19-16(23-17)13-9-5-6-10-14(13)18/h5-6,9-10,12H,2-4,7-8,11H2,1H3. The summed E-state index contributed by atoms with van der Waals surface area (Å²) in [5.74, 6) is 0.775. The molecule has 5 nitrogen and oxygen atoms in total. The van der Waals surface area contributed by atoms with Crippen LogP contribution in [-0.2, 0) is 4.79 Å². The van der Waals surface area contributed by atoms with Gasteiger partial charge in [-0.05, 0) is 25.0 Å². The van der Waals surface area contributed by atoms with Crippen molar-refractivity contribution < 1.29 is 9.21 Å². The molecular weight excluding hydrogens is 346 g/mol. The summed E-state index contributed by atoms with van der Waals surface area (Å²) in [6.07, 6.45) is 5.90. The van der Waals surface area contributed by atoms with Crippen LogP contribution in [0.1, 0.15) is 32.1 Å². The first-order chi connectivity index (χ1) is 11.6. The molecule has 0 bridgehead atoms. The topological polar surface area (TPSA) is 59.2 Å². The molecule has 2 aromatic rings. The molecule has 24 heavy (non-hydrogen) atoms. The van der Waals surface area contributed by atoms with E-state index in [2.05, 4.69) is 10.2 Å². The molecule has 1 heterocycles. The smallest absolute Gasteiger partial charge is 0.277 e. The Kier molecular flexibility index (Phi) is 5.79. The van der Waals surface area contributed by atoms with Crippen molar-refractivity contribution in [1.29, 1.82) is 0 Å². The van der Waals surface area contributed by atoms with Crippen molar-refractivity contribution in [2.24, 2.45) is 0 Å². The molecule has 1 aromatic carbocycles. The molecule has 128 valence electrons. The van der Waals surface area contributed by atoms with Gasteiger partial charge in [0.05, 0.1) is 16.3 Å². The lowest BCUT2D eigenvalue weighted by Gasteiger charge is -2.31. The van der Waals surface area contributed by atoms with Crippen LogP contribution in [0.2, 0.25) is 5.02 Å². The van der Waals surface area contributed by atoms with Gasteiger partial charge in [0.15, 0.2) is 0 Å². The molecule has 0 unspecified atom stereocenters. The zero-order chi connectivity index (χ0) is 16.9. The van der Waals surface area contributed by atoms with E-state index in [1.807, 2.05) is 30.1 Å². The van der Waals surface area contributed by atoms with Gasteiger partial charge >= 0.3 is 0 Å². The van der Waals surface area contributed by atoms with Gasteiger partial charge in [-0.3, -0.25) is 4.79 Å². The van der Waals surface area contributed by atoms with Crippen molar-refractivity contribution in [2.45, 2.75) is 43.4 Å². The molecule has 0 spiro atoms. The fourth-order valence-electron chi connectivity index (χ4n) is 2.91. The first-order valence-electron chi connectivity index (χ1n) is 8.12. The molecule has 0 N–H and O–H groups in total. The lowest BCUT2D eigenvalue weighted by atomic mass is 9.94. The molecular formula is C17H20ClN3O2S. The SMILES string of the molecule is CN(C(=O)CSc1nnc(-c2ccccc2Cl)o1)C1CCCCC1. The monoisotopic (exact) mass is 365 g/mol. The van der Waals surface area contributed by atoms with Gasteiger partial charge in [0.25, 0.3) is 5.22 Å². The molecule has 0 radical (unpaired) electrons. The number of amides is 1. The second-order valence-corrected chi connectivity index (χ2v) is 7.27. The fraction of sp³-hybridized carbons (Fsp3) is 0.471. The van der Waals surface area contributed by atoms with Crippen LogP contribution in [-0.4, -0.2) is 39.8 Å². The summed E-state index contributed by atoms with van der Waals surface area (Å²) in [4.78, 5) is 14.2. The summed E-state index contributed by atoms with van der Waals surface area (Å²) in [5.41, 5.74) is 0.698. The van der Waals surface area contributed by atoms with Crippen LogP contribution in [0.25, 0.3) is 11.5 Å². The number of hydrogen-bond donors (Lipinski definition) is 0. The number of carbonyl (C=O) groups is 1. The zero-order valence-electron chi connectivity index (χ0n) is 13.6. The van der Waals surface area contributed by atoms with Gasteiger partial charge in [0.2, 0.25) is 11.8 Å². The highest BCUT2D eigenvalue weighted by Crippen LogP contribution is 2.29. The minimum absolute atomic E-state index is 0.101. The van der Waals surface area contributed by atoms with E-state index in [1.165, 1.54) is 31.0 Å². The Morgan fingerprint density at radius 3 is 2.79 bits per heavy atom. The molecule has 1 aliphatic rings. The van der Waals surface area contributed by atoms with E-state index in [0.29, 0.717) is 33.5 Å². The third-order valence-corrected chi connectivity index (χ3v) is 5.48. The average molecular weight is 366 g/mol. The molecule has 3 rings (SSSR count). The van der Waals surface area contributed by atoms with Gasteiger partial charge in [-0.15, -0.1) is 10.2 Å². The quantitative estimate of drug-likeness (QED) is 0.740. The van der Waals surface area contributed by atoms with Crippen molar-refractivity contribution in [3.05, 3.63) is 29.3 Å². The van der Waals surface area contributed by atoms with E-state index in [4.69, 9.17) is 16.0 Å². The highest BCUT2D eigenvalue weighted by molar-refractivity contribution is 7.99. The molecule has 1 saturated carbocycles. The second-order valence-electron chi connectivity index (χ2n) is 5.94. The van der Waals surface area contributed by atoms with Crippen LogP contribution in [0.4, 0.5) is 0 Å². The van der Waals surface area contributed by atoms with Crippen LogP contribution in [0.3, 0.4) is 0 Å². The van der Waals surface area contributed by atoms with E-state index in [1.54, 1.807) is 6.07 Å². The Hall–Kier alpha value is -1.53. The Morgan fingerprint density at radius 2 is 2.04 bits per heavy atom. The Morgan fingerprint density at radius 1 is 1.29 bits per heavy atom. The lowest BCUT2D eigenvalue weighted by Crippen LogP contribution is -2.39. The minimum Gasteiger partial charge on any atom is -0.411 e. The maximum atomic E-state index is 12.3. The maximum Gasteiger partial charge on any atom is 0.277 e. The molecule has 0 atom stereocenters. The summed E-state index contributed by atoms with van der Waals surface area (Å²) in [6.45, 7) is 0. The fourth-order valence-corrected chi connectivity index (χ4v) is 3.81. The van der Waals surface area contributed by atoms with Crippen molar-refractivity contribution in [3.8, 4) is 11.5 Å². The van der Waals surface area contributed by atoms with E-state index in [0.717, 1.165) is 12.8 Å². The summed E-state index contributed by atoms with van der Waals surface area (Å²) in [7, 11) is 1.89. The summed E-state index contributed by atoms with van der Waals surface area (Å²) >= 11 is 7.40. The van der Waals surface area contributed by atoms with Gasteiger partial charge in [0, 0.05) is 13.1 Å². The lowest BCUT2D eigenvalue weighted by molar-refractivity contribution is -0.129. The van der Waals surface area contributed by atoms with Gasteiger partial charge in [-0.1, -0.05) is 54.8 Å². The molecule has 1 amide bonds. The number of nitrogens with zero attached hydrogens (tertiary/aromatic N) is 3. The summed E-state index contributed by atoms with van der Waals surface area (Å²) in [6, 6.07) is 7.68. The first-order valence-corrected chi connectivity index (χ1v) is 9.48. The second kappa shape index (κ2) is 8.03. The molecule has 1 aromatic heterocycles.